The van der Waals surface area contributed by atoms with Crippen LogP contribution in [0, 0.1) is 0 Å². The average Bonchev–Trinajstić information content (AvgIpc) is 2.28. The van der Waals surface area contributed by atoms with Gasteiger partial charge in [0.2, 0.25) is 0 Å². The van der Waals surface area contributed by atoms with E-state index < -0.39 is 17.2 Å². The van der Waals surface area contributed by atoms with Crippen LogP contribution in [-0.4, -0.2) is 23.1 Å². The average molecular weight is 300 g/mol. The summed E-state index contributed by atoms with van der Waals surface area (Å²) in [6.07, 6.45) is 0.779. The van der Waals surface area contributed by atoms with E-state index >= 15 is 0 Å². The Labute approximate surface area is 122 Å². The second kappa shape index (κ2) is 6.09. The Morgan fingerprint density at radius 3 is 2.32 bits per heavy atom. The number of carbonyl (C=O) groups is 1. The van der Waals surface area contributed by atoms with Crippen molar-refractivity contribution in [2.24, 2.45) is 0 Å². The molecule has 0 fully saturated rings. The molecule has 1 rings (SSSR count). The fourth-order valence-electron chi connectivity index (χ4n) is 1.82. The summed E-state index contributed by atoms with van der Waals surface area (Å²) in [7, 11) is 3.35. The lowest BCUT2D eigenvalue weighted by atomic mass is 9.72. The summed E-state index contributed by atoms with van der Waals surface area (Å²) >= 11 is 0. The molecule has 0 heterocycles. The van der Waals surface area contributed by atoms with Crippen molar-refractivity contribution < 1.29 is 14.6 Å². The van der Waals surface area contributed by atoms with E-state index in [-0.39, 0.29) is 0 Å². The summed E-state index contributed by atoms with van der Waals surface area (Å²) < 4.78 is 5.09. The zero-order valence-corrected chi connectivity index (χ0v) is 13.5. The third-order valence-electron chi connectivity index (χ3n) is 3.58. The molecule has 0 aliphatic heterocycles. The highest BCUT2D eigenvalue weighted by Gasteiger charge is 2.43. The molecular weight excluding hydrogens is 280 g/mol. The molecule has 0 unspecified atom stereocenters. The Hall–Kier alpha value is -0.810. The summed E-state index contributed by atoms with van der Waals surface area (Å²) in [6, 6.07) is 8.04. The number of hydrogen-bond donors (Lipinski definition) is 1. The first kappa shape index (κ1) is 16.2. The van der Waals surface area contributed by atoms with Gasteiger partial charge >= 0.3 is 6.16 Å². The molecule has 106 valence electrons. The van der Waals surface area contributed by atoms with Crippen molar-refractivity contribution in [1.29, 1.82) is 0 Å². The molecule has 1 aromatic rings. The highest BCUT2D eigenvalue weighted by molar-refractivity contribution is 8.76. The quantitative estimate of drug-likeness (QED) is 0.624. The van der Waals surface area contributed by atoms with Crippen LogP contribution in [0.25, 0.3) is 0 Å². The predicted octanol–water partition coefficient (Wildman–Crippen LogP) is 4.81. The molecule has 5 heteroatoms. The predicted molar refractivity (Wildman–Crippen MR) is 82.0 cm³/mol. The van der Waals surface area contributed by atoms with Crippen molar-refractivity contribution in [1.82, 2.24) is 0 Å². The van der Waals surface area contributed by atoms with Gasteiger partial charge in [-0.05, 0) is 31.7 Å². The minimum atomic E-state index is -1.24. The number of carboxylic acid groups (broad SMARTS) is 1. The van der Waals surface area contributed by atoms with Gasteiger partial charge in [0.25, 0.3) is 0 Å². The number of benzene rings is 1. The van der Waals surface area contributed by atoms with E-state index in [1.165, 1.54) is 0 Å². The van der Waals surface area contributed by atoms with E-state index in [4.69, 9.17) is 9.84 Å². The molecule has 0 saturated carbocycles. The topological polar surface area (TPSA) is 46.5 Å². The zero-order chi connectivity index (χ0) is 14.7. The minimum Gasteiger partial charge on any atom is -0.450 e. The van der Waals surface area contributed by atoms with Crippen molar-refractivity contribution in [2.75, 3.05) is 6.26 Å². The highest BCUT2D eigenvalue weighted by Crippen LogP contribution is 2.43. The molecule has 0 bridgehead atoms. The van der Waals surface area contributed by atoms with Gasteiger partial charge in [0.05, 0.1) is 0 Å². The highest BCUT2D eigenvalue weighted by atomic mass is 33.1. The SMILES string of the molecule is CSSc1ccccc1C(C)(C)C(C)(C)OC(=O)O. The maximum absolute atomic E-state index is 10.9. The lowest BCUT2D eigenvalue weighted by Gasteiger charge is -2.41. The van der Waals surface area contributed by atoms with Crippen LogP contribution in [0.15, 0.2) is 29.2 Å². The van der Waals surface area contributed by atoms with Crippen LogP contribution in [0.1, 0.15) is 33.3 Å². The Morgan fingerprint density at radius 1 is 1.21 bits per heavy atom. The molecule has 0 aliphatic carbocycles. The van der Waals surface area contributed by atoms with Crippen molar-refractivity contribution >= 4 is 27.7 Å². The maximum Gasteiger partial charge on any atom is 0.506 e. The van der Waals surface area contributed by atoms with Gasteiger partial charge in [-0.2, -0.15) is 0 Å². The first-order valence-electron chi connectivity index (χ1n) is 5.94. The second-order valence-corrected chi connectivity index (χ2v) is 7.69. The fraction of sp³-hybridized carbons (Fsp3) is 0.500. The lowest BCUT2D eigenvalue weighted by molar-refractivity contribution is -0.0384. The first-order valence-corrected chi connectivity index (χ1v) is 8.50. The van der Waals surface area contributed by atoms with Crippen LogP contribution in [0.2, 0.25) is 0 Å². The van der Waals surface area contributed by atoms with E-state index in [0.717, 1.165) is 10.5 Å². The van der Waals surface area contributed by atoms with E-state index in [1.807, 2.05) is 52.1 Å². The van der Waals surface area contributed by atoms with Crippen molar-refractivity contribution in [3.63, 3.8) is 0 Å². The monoisotopic (exact) mass is 300 g/mol. The second-order valence-electron chi connectivity index (χ2n) is 5.25. The summed E-state index contributed by atoms with van der Waals surface area (Å²) in [6.45, 7) is 7.63. The van der Waals surface area contributed by atoms with E-state index in [9.17, 15) is 4.79 Å². The van der Waals surface area contributed by atoms with Crippen LogP contribution in [0.5, 0.6) is 0 Å². The summed E-state index contributed by atoms with van der Waals surface area (Å²) in [5, 5.41) is 8.90. The zero-order valence-electron chi connectivity index (χ0n) is 11.9. The Balaban J connectivity index is 3.22. The molecule has 0 saturated heterocycles. The molecule has 1 N–H and O–H groups in total. The largest absolute Gasteiger partial charge is 0.506 e. The van der Waals surface area contributed by atoms with Crippen LogP contribution < -0.4 is 0 Å². The standard InChI is InChI=1S/C14H20O3S2/c1-13(2,14(3,4)17-12(15)16)10-8-6-7-9-11(10)19-18-5/h6-9H,1-5H3,(H,15,16). The lowest BCUT2D eigenvalue weighted by Crippen LogP contribution is -2.46. The van der Waals surface area contributed by atoms with Crippen LogP contribution in [0.3, 0.4) is 0 Å². The molecule has 0 spiro atoms. The normalized spacial score (nSPS) is 12.3. The first-order chi connectivity index (χ1) is 8.72. The minimum absolute atomic E-state index is 0.426. The third-order valence-corrected chi connectivity index (χ3v) is 5.32. The molecule has 0 amide bonds. The van der Waals surface area contributed by atoms with E-state index in [1.54, 1.807) is 21.6 Å². The van der Waals surface area contributed by atoms with Gasteiger partial charge in [0.1, 0.15) is 5.60 Å². The van der Waals surface area contributed by atoms with E-state index in [2.05, 4.69) is 6.07 Å². The fourth-order valence-corrected chi connectivity index (χ4v) is 3.52. The van der Waals surface area contributed by atoms with Gasteiger partial charge in [-0.1, -0.05) is 53.6 Å². The molecule has 3 nitrogen and oxygen atoms in total. The van der Waals surface area contributed by atoms with Crippen molar-refractivity contribution in [2.45, 2.75) is 43.6 Å². The summed E-state index contributed by atoms with van der Waals surface area (Å²) in [4.78, 5) is 12.0. The van der Waals surface area contributed by atoms with Gasteiger partial charge in [-0.15, -0.1) is 0 Å². The summed E-state index contributed by atoms with van der Waals surface area (Å²) in [5.74, 6) is 0. The molecule has 0 radical (unpaired) electrons. The van der Waals surface area contributed by atoms with Gasteiger partial charge in [-0.25, -0.2) is 4.79 Å². The molecule has 1 aromatic carbocycles. The third kappa shape index (κ3) is 3.60. The van der Waals surface area contributed by atoms with Crippen LogP contribution in [0.4, 0.5) is 4.79 Å². The van der Waals surface area contributed by atoms with Crippen molar-refractivity contribution in [3.8, 4) is 0 Å². The number of rotatable bonds is 5. The van der Waals surface area contributed by atoms with Crippen LogP contribution >= 0.6 is 21.6 Å². The van der Waals surface area contributed by atoms with Gasteiger partial charge in [0.15, 0.2) is 0 Å². The van der Waals surface area contributed by atoms with Gasteiger partial charge in [-0.3, -0.25) is 0 Å². The Morgan fingerprint density at radius 2 is 1.79 bits per heavy atom. The molecule has 0 aliphatic rings. The number of hydrogen-bond acceptors (Lipinski definition) is 4. The molecule has 0 aromatic heterocycles. The van der Waals surface area contributed by atoms with Crippen LogP contribution in [-0.2, 0) is 10.2 Å². The molecular formula is C14H20O3S2. The Bertz CT molecular complexity index is 456. The summed E-state index contributed by atoms with van der Waals surface area (Å²) in [5.41, 5.74) is -0.140. The number of ether oxygens (including phenoxy) is 1. The Kier molecular flexibility index (Phi) is 5.21. The van der Waals surface area contributed by atoms with E-state index in [0.29, 0.717) is 0 Å². The van der Waals surface area contributed by atoms with Gasteiger partial charge < -0.3 is 9.84 Å². The van der Waals surface area contributed by atoms with Crippen molar-refractivity contribution in [3.05, 3.63) is 29.8 Å². The van der Waals surface area contributed by atoms with Gasteiger partial charge in [0, 0.05) is 10.3 Å². The molecule has 0 atom stereocenters. The smallest absolute Gasteiger partial charge is 0.450 e. The molecule has 19 heavy (non-hydrogen) atoms. The maximum atomic E-state index is 10.9.